The fourth-order valence-electron chi connectivity index (χ4n) is 1.11. The summed E-state index contributed by atoms with van der Waals surface area (Å²) in [5.74, 6) is 0.869. The molecule has 0 aliphatic heterocycles. The highest BCUT2D eigenvalue weighted by Gasteiger charge is 2.16. The Labute approximate surface area is 76.9 Å². The molecule has 0 bridgehead atoms. The standard InChI is InChI=1S/C10H13NS/c11-7-10-6-5-9(12-10)4-3-8-1-2-8/h3-6,8H,1-2,7,11H2. The number of hydrogen-bond donors (Lipinski definition) is 1. The highest BCUT2D eigenvalue weighted by molar-refractivity contribution is 7.12. The zero-order valence-corrected chi connectivity index (χ0v) is 7.81. The van der Waals surface area contributed by atoms with Crippen molar-refractivity contribution in [2.75, 3.05) is 0 Å². The van der Waals surface area contributed by atoms with Gasteiger partial charge in [0.15, 0.2) is 0 Å². The van der Waals surface area contributed by atoms with Crippen LogP contribution in [0, 0.1) is 5.92 Å². The van der Waals surface area contributed by atoms with Crippen LogP contribution in [0.2, 0.25) is 0 Å². The van der Waals surface area contributed by atoms with E-state index in [0.29, 0.717) is 6.54 Å². The van der Waals surface area contributed by atoms with Gasteiger partial charge >= 0.3 is 0 Å². The molecular formula is C10H13NS. The third-order valence-electron chi connectivity index (χ3n) is 2.04. The average molecular weight is 179 g/mol. The fourth-order valence-corrected chi connectivity index (χ4v) is 1.92. The number of rotatable bonds is 3. The molecule has 12 heavy (non-hydrogen) atoms. The van der Waals surface area contributed by atoms with Crippen LogP contribution >= 0.6 is 11.3 Å². The second kappa shape index (κ2) is 3.42. The van der Waals surface area contributed by atoms with Crippen LogP contribution in [0.4, 0.5) is 0 Å². The molecule has 1 aromatic heterocycles. The molecule has 1 saturated carbocycles. The van der Waals surface area contributed by atoms with Gasteiger partial charge in [0.2, 0.25) is 0 Å². The normalized spacial score (nSPS) is 17.4. The van der Waals surface area contributed by atoms with Crippen LogP contribution in [-0.2, 0) is 6.54 Å². The zero-order chi connectivity index (χ0) is 8.39. The lowest BCUT2D eigenvalue weighted by Gasteiger charge is -1.84. The lowest BCUT2D eigenvalue weighted by atomic mass is 10.3. The Bertz CT molecular complexity index is 284. The first-order chi connectivity index (χ1) is 5.88. The van der Waals surface area contributed by atoms with Gasteiger partial charge in [-0.25, -0.2) is 0 Å². The Morgan fingerprint density at radius 1 is 1.50 bits per heavy atom. The van der Waals surface area contributed by atoms with Gasteiger partial charge in [0, 0.05) is 16.3 Å². The molecule has 0 saturated heterocycles. The van der Waals surface area contributed by atoms with Crippen molar-refractivity contribution in [3.63, 3.8) is 0 Å². The minimum absolute atomic E-state index is 0.669. The summed E-state index contributed by atoms with van der Waals surface area (Å²) in [6.07, 6.45) is 7.30. The molecule has 0 radical (unpaired) electrons. The SMILES string of the molecule is NCc1ccc(C=CC2CC2)s1. The van der Waals surface area contributed by atoms with Crippen molar-refractivity contribution < 1.29 is 0 Å². The number of nitrogens with two attached hydrogens (primary N) is 1. The van der Waals surface area contributed by atoms with Crippen LogP contribution in [0.1, 0.15) is 22.6 Å². The monoisotopic (exact) mass is 179 g/mol. The van der Waals surface area contributed by atoms with Crippen molar-refractivity contribution in [2.45, 2.75) is 19.4 Å². The summed E-state index contributed by atoms with van der Waals surface area (Å²) in [7, 11) is 0. The van der Waals surface area contributed by atoms with E-state index in [4.69, 9.17) is 5.73 Å². The third kappa shape index (κ3) is 1.96. The molecule has 0 atom stereocenters. The highest BCUT2D eigenvalue weighted by Crippen LogP contribution is 2.31. The number of allylic oxidation sites excluding steroid dienone is 1. The van der Waals surface area contributed by atoms with Gasteiger partial charge in [-0.2, -0.15) is 0 Å². The molecule has 0 unspecified atom stereocenters. The predicted octanol–water partition coefficient (Wildman–Crippen LogP) is 2.63. The van der Waals surface area contributed by atoms with Gasteiger partial charge in [-0.05, 0) is 37.0 Å². The fraction of sp³-hybridized carbons (Fsp3) is 0.400. The molecule has 2 heteroatoms. The van der Waals surface area contributed by atoms with Gasteiger partial charge in [0.25, 0.3) is 0 Å². The van der Waals surface area contributed by atoms with Crippen LogP contribution in [0.3, 0.4) is 0 Å². The van der Waals surface area contributed by atoms with E-state index >= 15 is 0 Å². The van der Waals surface area contributed by atoms with E-state index < -0.39 is 0 Å². The summed E-state index contributed by atoms with van der Waals surface area (Å²) < 4.78 is 0. The van der Waals surface area contributed by atoms with E-state index in [1.165, 1.54) is 22.6 Å². The molecule has 64 valence electrons. The number of thiophene rings is 1. The maximum Gasteiger partial charge on any atom is 0.0274 e. The lowest BCUT2D eigenvalue weighted by molar-refractivity contribution is 1.11. The first-order valence-electron chi connectivity index (χ1n) is 4.35. The van der Waals surface area contributed by atoms with Crippen molar-refractivity contribution in [1.29, 1.82) is 0 Å². The maximum atomic E-state index is 5.52. The van der Waals surface area contributed by atoms with Gasteiger partial charge < -0.3 is 5.73 Å². The Balaban J connectivity index is 2.01. The number of hydrogen-bond acceptors (Lipinski definition) is 2. The largest absolute Gasteiger partial charge is 0.326 e. The van der Waals surface area contributed by atoms with Gasteiger partial charge in [0.05, 0.1) is 0 Å². The molecule has 1 fully saturated rings. The molecule has 0 amide bonds. The summed E-state index contributed by atoms with van der Waals surface area (Å²) >= 11 is 1.79. The van der Waals surface area contributed by atoms with Crippen LogP contribution < -0.4 is 5.73 Å². The van der Waals surface area contributed by atoms with Crippen LogP contribution in [0.15, 0.2) is 18.2 Å². The van der Waals surface area contributed by atoms with Gasteiger partial charge in [-0.1, -0.05) is 6.08 Å². The van der Waals surface area contributed by atoms with Crippen molar-refractivity contribution in [1.82, 2.24) is 0 Å². The maximum absolute atomic E-state index is 5.52. The summed E-state index contributed by atoms with van der Waals surface area (Å²) in [4.78, 5) is 2.60. The molecule has 1 aliphatic carbocycles. The van der Waals surface area contributed by atoms with Crippen molar-refractivity contribution in [3.05, 3.63) is 28.0 Å². The van der Waals surface area contributed by atoms with E-state index in [9.17, 15) is 0 Å². The highest BCUT2D eigenvalue weighted by atomic mass is 32.1. The van der Waals surface area contributed by atoms with Crippen LogP contribution in [0.5, 0.6) is 0 Å². The smallest absolute Gasteiger partial charge is 0.0274 e. The second-order valence-corrected chi connectivity index (χ2v) is 4.40. The van der Waals surface area contributed by atoms with E-state index in [0.717, 1.165) is 5.92 Å². The Hall–Kier alpha value is -0.600. The summed E-state index contributed by atoms with van der Waals surface area (Å²) in [5.41, 5.74) is 5.52. The van der Waals surface area contributed by atoms with Crippen molar-refractivity contribution >= 4 is 17.4 Å². The van der Waals surface area contributed by atoms with Gasteiger partial charge in [0.1, 0.15) is 0 Å². The summed E-state index contributed by atoms with van der Waals surface area (Å²) in [5, 5.41) is 0. The minimum Gasteiger partial charge on any atom is -0.326 e. The first kappa shape index (κ1) is 8.02. The van der Waals surface area contributed by atoms with E-state index in [-0.39, 0.29) is 0 Å². The lowest BCUT2D eigenvalue weighted by Crippen LogP contribution is -1.90. The molecule has 1 heterocycles. The van der Waals surface area contributed by atoms with Crippen molar-refractivity contribution in [2.24, 2.45) is 11.7 Å². The van der Waals surface area contributed by atoms with Crippen molar-refractivity contribution in [3.8, 4) is 0 Å². The Morgan fingerprint density at radius 2 is 2.33 bits per heavy atom. The Kier molecular flexibility index (Phi) is 2.28. The first-order valence-corrected chi connectivity index (χ1v) is 5.17. The molecule has 1 aromatic rings. The zero-order valence-electron chi connectivity index (χ0n) is 6.99. The topological polar surface area (TPSA) is 26.0 Å². The average Bonchev–Trinajstić information content (AvgIpc) is 2.81. The molecule has 1 aliphatic rings. The van der Waals surface area contributed by atoms with Crippen LogP contribution in [0.25, 0.3) is 6.08 Å². The summed E-state index contributed by atoms with van der Waals surface area (Å²) in [6.45, 7) is 0.669. The minimum atomic E-state index is 0.669. The Morgan fingerprint density at radius 3 is 2.92 bits per heavy atom. The predicted molar refractivity (Wildman–Crippen MR) is 54.0 cm³/mol. The molecule has 0 spiro atoms. The van der Waals surface area contributed by atoms with E-state index in [1.54, 1.807) is 11.3 Å². The molecule has 1 nitrogen and oxygen atoms in total. The molecule has 0 aromatic carbocycles. The molecular weight excluding hydrogens is 166 g/mol. The van der Waals surface area contributed by atoms with E-state index in [2.05, 4.69) is 24.3 Å². The third-order valence-corrected chi connectivity index (χ3v) is 3.11. The van der Waals surface area contributed by atoms with Gasteiger partial charge in [-0.3, -0.25) is 0 Å². The second-order valence-electron chi connectivity index (χ2n) is 3.20. The van der Waals surface area contributed by atoms with E-state index in [1.807, 2.05) is 0 Å². The quantitative estimate of drug-likeness (QED) is 0.758. The van der Waals surface area contributed by atoms with Crippen LogP contribution in [-0.4, -0.2) is 0 Å². The molecule has 2 rings (SSSR count). The molecule has 2 N–H and O–H groups in total. The van der Waals surface area contributed by atoms with Gasteiger partial charge in [-0.15, -0.1) is 11.3 Å². The summed E-state index contributed by atoms with van der Waals surface area (Å²) in [6, 6.07) is 4.25.